The topological polar surface area (TPSA) is 94.6 Å². The predicted octanol–water partition coefficient (Wildman–Crippen LogP) is 4.23. The number of carbonyl (C=O) groups is 1. The van der Waals surface area contributed by atoms with E-state index in [-0.39, 0.29) is 17.2 Å². The SMILES string of the molecule is CCOC(C#Cc1cnc(Cl)nc1N[C@@H](CNC(=O)OC(C)(C)C)C(C)CC)OCC. The molecule has 2 N–H and O–H groups in total. The van der Waals surface area contributed by atoms with E-state index in [1.54, 1.807) is 6.20 Å². The van der Waals surface area contributed by atoms with Crippen molar-refractivity contribution in [1.82, 2.24) is 15.3 Å². The molecule has 1 unspecified atom stereocenters. The first kappa shape index (κ1) is 27.0. The molecular weight excluding hydrogens is 420 g/mol. The number of ether oxygens (including phenoxy) is 3. The lowest BCUT2D eigenvalue weighted by molar-refractivity contribution is -0.0969. The summed E-state index contributed by atoms with van der Waals surface area (Å²) in [6.45, 7) is 14.7. The number of nitrogens with one attached hydrogen (secondary N) is 2. The average molecular weight is 455 g/mol. The normalized spacial score (nSPS) is 13.2. The van der Waals surface area contributed by atoms with Crippen molar-refractivity contribution in [2.45, 2.75) is 72.8 Å². The van der Waals surface area contributed by atoms with Crippen LogP contribution in [0.3, 0.4) is 0 Å². The van der Waals surface area contributed by atoms with Crippen molar-refractivity contribution in [3.63, 3.8) is 0 Å². The summed E-state index contributed by atoms with van der Waals surface area (Å²) in [7, 11) is 0. The molecule has 1 aromatic rings. The zero-order valence-corrected chi connectivity index (χ0v) is 20.3. The standard InChI is InChI=1S/C22H35ClN4O4/c1-8-15(4)17(14-25-21(28)31-22(5,6)7)26-19-16(13-24-20(23)27-19)11-12-18(29-9-2)30-10-3/h13,15,17-18H,8-10,14H2,1-7H3,(H,25,28)(H,24,26,27)/t15?,17-/m0/s1. The van der Waals surface area contributed by atoms with E-state index < -0.39 is 18.0 Å². The number of amides is 1. The fourth-order valence-corrected chi connectivity index (χ4v) is 2.63. The minimum Gasteiger partial charge on any atom is -0.444 e. The number of hydrogen-bond acceptors (Lipinski definition) is 7. The van der Waals surface area contributed by atoms with Gasteiger partial charge in [0.25, 0.3) is 0 Å². The van der Waals surface area contributed by atoms with E-state index in [9.17, 15) is 4.79 Å². The Balaban J connectivity index is 3.04. The fraction of sp³-hybridized carbons (Fsp3) is 0.682. The van der Waals surface area contributed by atoms with E-state index in [1.807, 2.05) is 34.6 Å². The molecule has 0 radical (unpaired) electrons. The van der Waals surface area contributed by atoms with Gasteiger partial charge in [-0.15, -0.1) is 0 Å². The number of alkyl carbamates (subject to hydrolysis) is 1. The Morgan fingerprint density at radius 1 is 1.23 bits per heavy atom. The van der Waals surface area contributed by atoms with Gasteiger partial charge >= 0.3 is 6.09 Å². The molecule has 1 amide bonds. The maximum Gasteiger partial charge on any atom is 0.407 e. The van der Waals surface area contributed by atoms with Gasteiger partial charge in [-0.2, -0.15) is 4.98 Å². The summed E-state index contributed by atoms with van der Waals surface area (Å²) in [5.41, 5.74) is -0.0105. The van der Waals surface area contributed by atoms with E-state index in [2.05, 4.69) is 46.3 Å². The van der Waals surface area contributed by atoms with Crippen molar-refractivity contribution in [3.8, 4) is 11.8 Å². The van der Waals surface area contributed by atoms with Gasteiger partial charge in [-0.25, -0.2) is 9.78 Å². The molecular formula is C22H35ClN4O4. The molecule has 1 aromatic heterocycles. The molecule has 0 aromatic carbocycles. The molecule has 1 rings (SSSR count). The highest BCUT2D eigenvalue weighted by Crippen LogP contribution is 2.18. The third kappa shape index (κ3) is 10.7. The molecule has 0 aliphatic heterocycles. The van der Waals surface area contributed by atoms with Crippen LogP contribution in [-0.4, -0.2) is 53.8 Å². The summed E-state index contributed by atoms with van der Waals surface area (Å²) in [5.74, 6) is 6.66. The van der Waals surface area contributed by atoms with Crippen molar-refractivity contribution in [2.75, 3.05) is 25.1 Å². The molecule has 0 fully saturated rings. The Morgan fingerprint density at radius 2 is 1.87 bits per heavy atom. The van der Waals surface area contributed by atoms with Crippen LogP contribution in [0.5, 0.6) is 0 Å². The highest BCUT2D eigenvalue weighted by molar-refractivity contribution is 6.28. The molecule has 1 heterocycles. The maximum absolute atomic E-state index is 12.1. The summed E-state index contributed by atoms with van der Waals surface area (Å²) < 4.78 is 16.3. The summed E-state index contributed by atoms with van der Waals surface area (Å²) in [6, 6.07) is -0.126. The Bertz CT molecular complexity index is 752. The molecule has 0 aliphatic carbocycles. The predicted molar refractivity (Wildman–Crippen MR) is 122 cm³/mol. The molecule has 8 nitrogen and oxygen atoms in total. The highest BCUT2D eigenvalue weighted by Gasteiger charge is 2.21. The van der Waals surface area contributed by atoms with Crippen LogP contribution in [0.1, 0.15) is 60.5 Å². The Kier molecular flexibility index (Phi) is 11.6. The second kappa shape index (κ2) is 13.4. The van der Waals surface area contributed by atoms with Crippen molar-refractivity contribution >= 4 is 23.5 Å². The number of anilines is 1. The summed E-state index contributed by atoms with van der Waals surface area (Å²) in [4.78, 5) is 20.4. The monoisotopic (exact) mass is 454 g/mol. The van der Waals surface area contributed by atoms with Crippen LogP contribution < -0.4 is 10.6 Å². The molecule has 9 heteroatoms. The highest BCUT2D eigenvalue weighted by atomic mass is 35.5. The van der Waals surface area contributed by atoms with E-state index in [1.165, 1.54) is 0 Å². The Morgan fingerprint density at radius 3 is 2.42 bits per heavy atom. The van der Waals surface area contributed by atoms with Crippen molar-refractivity contribution in [1.29, 1.82) is 0 Å². The van der Waals surface area contributed by atoms with Gasteiger partial charge in [-0.05, 0) is 58.1 Å². The molecule has 0 bridgehead atoms. The second-order valence-corrected chi connectivity index (χ2v) is 8.27. The molecule has 2 atom stereocenters. The number of carbonyl (C=O) groups excluding carboxylic acids is 1. The summed E-state index contributed by atoms with van der Waals surface area (Å²) in [6.07, 6.45) is 1.33. The number of nitrogens with zero attached hydrogens (tertiary/aromatic N) is 2. The first-order valence-corrected chi connectivity index (χ1v) is 11.0. The zero-order chi connectivity index (χ0) is 23.4. The molecule has 174 valence electrons. The van der Waals surface area contributed by atoms with Gasteiger partial charge < -0.3 is 24.8 Å². The fourth-order valence-electron chi connectivity index (χ4n) is 2.49. The van der Waals surface area contributed by atoms with Gasteiger partial charge in [0.15, 0.2) is 0 Å². The number of halogens is 1. The van der Waals surface area contributed by atoms with Gasteiger partial charge in [-0.3, -0.25) is 0 Å². The zero-order valence-electron chi connectivity index (χ0n) is 19.5. The van der Waals surface area contributed by atoms with Crippen LogP contribution in [0.4, 0.5) is 10.6 Å². The lowest BCUT2D eigenvalue weighted by atomic mass is 9.99. The van der Waals surface area contributed by atoms with Crippen LogP contribution in [0.2, 0.25) is 5.28 Å². The Labute approximate surface area is 190 Å². The van der Waals surface area contributed by atoms with E-state index in [4.69, 9.17) is 25.8 Å². The van der Waals surface area contributed by atoms with Crippen molar-refractivity contribution in [2.24, 2.45) is 5.92 Å². The first-order valence-electron chi connectivity index (χ1n) is 10.6. The van der Waals surface area contributed by atoms with Crippen LogP contribution in [0.25, 0.3) is 0 Å². The second-order valence-electron chi connectivity index (χ2n) is 7.93. The van der Waals surface area contributed by atoms with E-state index >= 15 is 0 Å². The number of rotatable bonds is 10. The molecule has 0 spiro atoms. The van der Waals surface area contributed by atoms with Gasteiger partial charge in [0.2, 0.25) is 11.6 Å². The molecule has 31 heavy (non-hydrogen) atoms. The largest absolute Gasteiger partial charge is 0.444 e. The Hall–Kier alpha value is -2.08. The van der Waals surface area contributed by atoms with Gasteiger partial charge in [0.1, 0.15) is 11.4 Å². The summed E-state index contributed by atoms with van der Waals surface area (Å²) in [5, 5.41) is 6.27. The quantitative estimate of drug-likeness (QED) is 0.310. The lowest BCUT2D eigenvalue weighted by Crippen LogP contribution is -2.42. The third-order valence-corrected chi connectivity index (χ3v) is 4.42. The van der Waals surface area contributed by atoms with Gasteiger partial charge in [0, 0.05) is 32.0 Å². The summed E-state index contributed by atoms with van der Waals surface area (Å²) >= 11 is 6.03. The van der Waals surface area contributed by atoms with Crippen LogP contribution in [-0.2, 0) is 14.2 Å². The maximum atomic E-state index is 12.1. The van der Waals surface area contributed by atoms with Gasteiger partial charge in [-0.1, -0.05) is 26.2 Å². The average Bonchev–Trinajstić information content (AvgIpc) is 2.68. The van der Waals surface area contributed by atoms with Gasteiger partial charge in [0.05, 0.1) is 5.56 Å². The minimum absolute atomic E-state index is 0.0993. The minimum atomic E-state index is -0.641. The molecule has 0 saturated heterocycles. The lowest BCUT2D eigenvalue weighted by Gasteiger charge is -2.26. The number of hydrogen-bond donors (Lipinski definition) is 2. The van der Waals surface area contributed by atoms with E-state index in [0.717, 1.165) is 6.42 Å². The smallest absolute Gasteiger partial charge is 0.407 e. The van der Waals surface area contributed by atoms with Crippen molar-refractivity contribution < 1.29 is 19.0 Å². The number of aromatic nitrogens is 2. The van der Waals surface area contributed by atoms with Crippen molar-refractivity contribution in [3.05, 3.63) is 17.0 Å². The first-order chi connectivity index (χ1) is 14.6. The molecule has 0 aliphatic rings. The van der Waals surface area contributed by atoms with Crippen LogP contribution >= 0.6 is 11.6 Å². The third-order valence-electron chi connectivity index (χ3n) is 4.24. The van der Waals surface area contributed by atoms with Crippen LogP contribution in [0.15, 0.2) is 6.20 Å². The van der Waals surface area contributed by atoms with E-state index in [0.29, 0.717) is 31.1 Å². The molecule has 0 saturated carbocycles. The van der Waals surface area contributed by atoms with Crippen LogP contribution in [0, 0.1) is 17.8 Å².